The fraction of sp³-hybridized carbons (Fsp3) is 0.400. The fourth-order valence-corrected chi connectivity index (χ4v) is 1.51. The van der Waals surface area contributed by atoms with Crippen LogP contribution in [0.1, 0.15) is 21.3 Å². The molecule has 1 aliphatic rings. The average Bonchev–Trinajstić information content (AvgIpc) is 2.57. The van der Waals surface area contributed by atoms with E-state index in [1.807, 2.05) is 0 Å². The summed E-state index contributed by atoms with van der Waals surface area (Å²) in [6, 6.07) is 2.43. The van der Waals surface area contributed by atoms with Gasteiger partial charge in [-0.2, -0.15) is 13.2 Å². The summed E-state index contributed by atoms with van der Waals surface area (Å²) in [6.07, 6.45) is -4.44. The van der Waals surface area contributed by atoms with Crippen molar-refractivity contribution in [2.75, 3.05) is 13.6 Å². The molecule has 0 fully saturated rings. The van der Waals surface area contributed by atoms with Crippen LogP contribution < -0.4 is 10.1 Å². The maximum Gasteiger partial charge on any atom is 0.416 e. The van der Waals surface area contributed by atoms with Crippen molar-refractivity contribution in [1.82, 2.24) is 5.32 Å². The lowest BCUT2D eigenvalue weighted by Gasteiger charge is -2.09. The van der Waals surface area contributed by atoms with E-state index in [-0.39, 0.29) is 12.4 Å². The van der Waals surface area contributed by atoms with Crippen LogP contribution >= 0.6 is 0 Å². The third-order valence-electron chi connectivity index (χ3n) is 2.30. The minimum Gasteiger partial charge on any atom is -0.491 e. The van der Waals surface area contributed by atoms with Gasteiger partial charge in [-0.3, -0.25) is 0 Å². The molecule has 0 spiro atoms. The van der Waals surface area contributed by atoms with Crippen molar-refractivity contribution in [3.05, 3.63) is 29.3 Å². The van der Waals surface area contributed by atoms with E-state index in [1.165, 1.54) is 6.07 Å². The van der Waals surface area contributed by atoms with E-state index >= 15 is 0 Å². The second-order valence-corrected chi connectivity index (χ2v) is 3.26. The number of hydrogen-bond donors (Lipinski definition) is 1. The zero-order valence-corrected chi connectivity index (χ0v) is 7.56. The monoisotopic (exact) mass is 220 g/mol. The van der Waals surface area contributed by atoms with Gasteiger partial charge >= 0.3 is 6.18 Å². The standard InChI is InChI=1S/C10H10F3NO/c1-14-8-5-15-9-4-6(10(11,12)13)2-3-7(8)9/h2-4,8,14H,5H2,1H3/i1D3. The summed E-state index contributed by atoms with van der Waals surface area (Å²) in [5, 5.41) is 2.33. The molecule has 0 amide bonds. The molecule has 0 aliphatic carbocycles. The van der Waals surface area contributed by atoms with Gasteiger partial charge in [0.2, 0.25) is 0 Å². The number of likely N-dealkylation sites (N-methyl/N-ethyl adjacent to an activating group) is 1. The van der Waals surface area contributed by atoms with Crippen molar-refractivity contribution in [3.63, 3.8) is 0 Å². The molecule has 1 aromatic rings. The molecule has 1 aliphatic heterocycles. The molecule has 0 bridgehead atoms. The van der Waals surface area contributed by atoms with Gasteiger partial charge < -0.3 is 10.1 Å². The van der Waals surface area contributed by atoms with Crippen molar-refractivity contribution >= 4 is 0 Å². The van der Waals surface area contributed by atoms with Crippen molar-refractivity contribution < 1.29 is 22.0 Å². The minimum absolute atomic E-state index is 0.00896. The fourth-order valence-electron chi connectivity index (χ4n) is 1.51. The quantitative estimate of drug-likeness (QED) is 0.784. The molecule has 0 saturated carbocycles. The molecule has 1 atom stereocenters. The van der Waals surface area contributed by atoms with Crippen LogP contribution in [0.4, 0.5) is 13.2 Å². The van der Waals surface area contributed by atoms with Gasteiger partial charge in [0.05, 0.1) is 11.6 Å². The van der Waals surface area contributed by atoms with Crippen LogP contribution in [-0.2, 0) is 6.18 Å². The summed E-state index contributed by atoms with van der Waals surface area (Å²) in [4.78, 5) is 0. The van der Waals surface area contributed by atoms with Crippen LogP contribution in [0.15, 0.2) is 18.2 Å². The molecule has 15 heavy (non-hydrogen) atoms. The molecule has 1 N–H and O–H groups in total. The third kappa shape index (κ3) is 1.79. The second-order valence-electron chi connectivity index (χ2n) is 3.26. The largest absolute Gasteiger partial charge is 0.491 e. The van der Waals surface area contributed by atoms with Gasteiger partial charge in [-0.1, -0.05) is 6.07 Å². The molecule has 2 nitrogen and oxygen atoms in total. The van der Waals surface area contributed by atoms with E-state index in [2.05, 4.69) is 5.32 Å². The molecule has 2 rings (SSSR count). The highest BCUT2D eigenvalue weighted by Crippen LogP contribution is 2.37. The lowest BCUT2D eigenvalue weighted by molar-refractivity contribution is -0.137. The summed E-state index contributed by atoms with van der Waals surface area (Å²) >= 11 is 0. The molecule has 0 saturated heterocycles. The lowest BCUT2D eigenvalue weighted by Crippen LogP contribution is -2.17. The first-order chi connectivity index (χ1) is 8.17. The Morgan fingerprint density at radius 1 is 1.53 bits per heavy atom. The van der Waals surface area contributed by atoms with E-state index in [1.54, 1.807) is 0 Å². The lowest BCUT2D eigenvalue weighted by atomic mass is 10.1. The van der Waals surface area contributed by atoms with Crippen LogP contribution in [-0.4, -0.2) is 13.6 Å². The number of nitrogens with one attached hydrogen (secondary N) is 1. The van der Waals surface area contributed by atoms with E-state index in [9.17, 15) is 13.2 Å². The first-order valence-corrected chi connectivity index (χ1v) is 4.28. The predicted molar refractivity (Wildman–Crippen MR) is 48.7 cm³/mol. The van der Waals surface area contributed by atoms with Crippen molar-refractivity contribution in [2.24, 2.45) is 0 Å². The molecule has 5 heteroatoms. The summed E-state index contributed by atoms with van der Waals surface area (Å²) in [6.45, 7) is -2.35. The average molecular weight is 220 g/mol. The number of fused-ring (bicyclic) bond motifs is 1. The van der Waals surface area contributed by atoms with Crippen LogP contribution in [0.2, 0.25) is 0 Å². The number of benzene rings is 1. The van der Waals surface area contributed by atoms with Crippen molar-refractivity contribution in [1.29, 1.82) is 0 Å². The topological polar surface area (TPSA) is 21.3 Å². The van der Waals surface area contributed by atoms with Crippen LogP contribution in [0, 0.1) is 0 Å². The smallest absolute Gasteiger partial charge is 0.416 e. The summed E-state index contributed by atoms with van der Waals surface area (Å²) in [7, 11) is 0. The van der Waals surface area contributed by atoms with Gasteiger partial charge in [0.1, 0.15) is 12.4 Å². The zero-order valence-electron chi connectivity index (χ0n) is 10.6. The summed E-state index contributed by atoms with van der Waals surface area (Å²) in [5.41, 5.74) is -0.380. The Bertz CT molecular complexity index is 459. The Hall–Kier alpha value is -1.23. The molecule has 0 radical (unpaired) electrons. The van der Waals surface area contributed by atoms with Gasteiger partial charge in [-0.15, -0.1) is 0 Å². The van der Waals surface area contributed by atoms with Crippen molar-refractivity contribution in [2.45, 2.75) is 12.2 Å². The van der Waals surface area contributed by atoms with E-state index < -0.39 is 24.8 Å². The molecular weight excluding hydrogens is 207 g/mol. The summed E-state index contributed by atoms with van der Waals surface area (Å²) < 4.78 is 63.7. The first kappa shape index (κ1) is 7.11. The van der Waals surface area contributed by atoms with Gasteiger partial charge in [-0.05, 0) is 19.1 Å². The molecule has 1 heterocycles. The number of halogens is 3. The SMILES string of the molecule is [2H]C([2H])([2H])NC1COc2cc(C(F)(F)F)ccc21. The number of alkyl halides is 3. The second kappa shape index (κ2) is 3.41. The highest BCUT2D eigenvalue weighted by Gasteiger charge is 2.33. The Balaban J connectivity index is 2.26. The number of rotatable bonds is 1. The molecular formula is C10H10F3NO. The third-order valence-corrected chi connectivity index (χ3v) is 2.30. The van der Waals surface area contributed by atoms with E-state index in [0.717, 1.165) is 12.1 Å². The Morgan fingerprint density at radius 2 is 2.33 bits per heavy atom. The molecule has 0 aromatic heterocycles. The van der Waals surface area contributed by atoms with Crippen molar-refractivity contribution in [3.8, 4) is 5.75 Å². The van der Waals surface area contributed by atoms with Gasteiger partial charge in [-0.25, -0.2) is 0 Å². The van der Waals surface area contributed by atoms with Gasteiger partial charge in [0.15, 0.2) is 0 Å². The van der Waals surface area contributed by atoms with E-state index in [0.29, 0.717) is 5.56 Å². The highest BCUT2D eigenvalue weighted by atomic mass is 19.4. The maximum absolute atomic E-state index is 12.5. The Kier molecular flexibility index (Phi) is 1.62. The molecule has 82 valence electrons. The Morgan fingerprint density at radius 3 is 3.00 bits per heavy atom. The normalized spacial score (nSPS) is 23.7. The highest BCUT2D eigenvalue weighted by molar-refractivity contribution is 5.43. The summed E-state index contributed by atoms with van der Waals surface area (Å²) in [5.74, 6) is 0.0755. The first-order valence-electron chi connectivity index (χ1n) is 5.78. The molecule has 1 aromatic carbocycles. The maximum atomic E-state index is 12.5. The van der Waals surface area contributed by atoms with Gasteiger partial charge in [0, 0.05) is 9.68 Å². The van der Waals surface area contributed by atoms with Crippen LogP contribution in [0.25, 0.3) is 0 Å². The predicted octanol–water partition coefficient (Wildman–Crippen LogP) is 2.36. The van der Waals surface area contributed by atoms with E-state index in [4.69, 9.17) is 8.85 Å². The number of ether oxygens (including phenoxy) is 1. The molecule has 1 unspecified atom stereocenters. The minimum atomic E-state index is -4.44. The van der Waals surface area contributed by atoms with Crippen LogP contribution in [0.5, 0.6) is 5.75 Å². The van der Waals surface area contributed by atoms with Gasteiger partial charge in [0.25, 0.3) is 0 Å². The zero-order chi connectivity index (χ0) is 13.6. The Labute approximate surface area is 89.3 Å². The van der Waals surface area contributed by atoms with Crippen LogP contribution in [0.3, 0.4) is 0 Å². The number of hydrogen-bond acceptors (Lipinski definition) is 2.